The molecule has 9 nitrogen and oxygen atoms in total. The summed E-state index contributed by atoms with van der Waals surface area (Å²) in [6.45, 7) is 7.94. The second-order valence-corrected chi connectivity index (χ2v) is 9.09. The van der Waals surface area contributed by atoms with Crippen molar-refractivity contribution in [1.29, 1.82) is 0 Å². The van der Waals surface area contributed by atoms with Gasteiger partial charge in [-0.15, -0.1) is 0 Å². The Morgan fingerprint density at radius 3 is 2.43 bits per heavy atom. The molecule has 0 aliphatic carbocycles. The zero-order chi connectivity index (χ0) is 24.8. The van der Waals surface area contributed by atoms with Crippen molar-refractivity contribution in [2.75, 3.05) is 31.6 Å². The summed E-state index contributed by atoms with van der Waals surface area (Å²) in [6, 6.07) is 14.0. The van der Waals surface area contributed by atoms with Crippen LogP contribution in [0.2, 0.25) is 0 Å². The van der Waals surface area contributed by atoms with E-state index in [-0.39, 0.29) is 29.7 Å². The van der Waals surface area contributed by atoms with E-state index in [0.717, 1.165) is 32.8 Å². The van der Waals surface area contributed by atoms with Crippen LogP contribution in [-0.2, 0) is 27.3 Å². The van der Waals surface area contributed by atoms with E-state index in [0.29, 0.717) is 22.2 Å². The van der Waals surface area contributed by atoms with Gasteiger partial charge in [0.2, 0.25) is 11.8 Å². The fourth-order valence-corrected chi connectivity index (χ4v) is 4.15. The van der Waals surface area contributed by atoms with Crippen LogP contribution in [0.4, 0.5) is 5.69 Å². The molecule has 4 rings (SSSR count). The van der Waals surface area contributed by atoms with E-state index in [4.69, 9.17) is 4.74 Å². The Hall–Kier alpha value is -3.56. The van der Waals surface area contributed by atoms with Crippen LogP contribution in [0.15, 0.2) is 53.3 Å². The largest absolute Gasteiger partial charge is 0.379 e. The smallest absolute Gasteiger partial charge is 0.272 e. The average Bonchev–Trinajstić information content (AvgIpc) is 2.86. The standard InChI is InChI=1S/C26H31N5O4/c1-17(2)24(28-23(32)15-22-20-5-3-4-6-21(20)25(33)30-29-22)26(34)27-19-9-7-18(8-10-19)16-31-11-13-35-14-12-31/h3-10,17,24H,11-16H2,1-2H3,(H,27,34)(H,28,32)(H,30,33). The van der Waals surface area contributed by atoms with Gasteiger partial charge in [-0.3, -0.25) is 19.3 Å². The zero-order valence-corrected chi connectivity index (χ0v) is 20.0. The normalized spacial score (nSPS) is 15.2. The number of aromatic amines is 1. The van der Waals surface area contributed by atoms with Crippen LogP contribution in [0.1, 0.15) is 25.1 Å². The third kappa shape index (κ3) is 6.32. The first kappa shape index (κ1) is 24.6. The highest BCUT2D eigenvalue weighted by Gasteiger charge is 2.25. The Morgan fingerprint density at radius 2 is 1.74 bits per heavy atom. The molecular formula is C26H31N5O4. The van der Waals surface area contributed by atoms with E-state index in [9.17, 15) is 14.4 Å². The van der Waals surface area contributed by atoms with E-state index in [1.54, 1.807) is 24.3 Å². The van der Waals surface area contributed by atoms with Crippen molar-refractivity contribution in [3.8, 4) is 0 Å². The molecule has 1 aliphatic heterocycles. The van der Waals surface area contributed by atoms with E-state index in [1.165, 1.54) is 5.56 Å². The molecule has 184 valence electrons. The Bertz CT molecular complexity index is 1230. The van der Waals surface area contributed by atoms with Gasteiger partial charge in [-0.25, -0.2) is 5.10 Å². The minimum atomic E-state index is -0.718. The molecule has 1 aromatic heterocycles. The van der Waals surface area contributed by atoms with Crippen LogP contribution in [-0.4, -0.2) is 59.3 Å². The van der Waals surface area contributed by atoms with Crippen molar-refractivity contribution >= 4 is 28.3 Å². The van der Waals surface area contributed by atoms with Crippen LogP contribution in [0.5, 0.6) is 0 Å². The number of anilines is 1. The number of ether oxygens (including phenoxy) is 1. The highest BCUT2D eigenvalue weighted by Crippen LogP contribution is 2.15. The molecular weight excluding hydrogens is 446 g/mol. The first-order chi connectivity index (χ1) is 16.9. The maximum absolute atomic E-state index is 13.0. The molecule has 1 fully saturated rings. The molecule has 2 aromatic carbocycles. The molecule has 1 saturated heterocycles. The Kier molecular flexibility index (Phi) is 7.89. The lowest BCUT2D eigenvalue weighted by molar-refractivity contribution is -0.127. The molecule has 0 radical (unpaired) electrons. The molecule has 1 unspecified atom stereocenters. The number of benzene rings is 2. The third-order valence-electron chi connectivity index (χ3n) is 6.10. The monoisotopic (exact) mass is 477 g/mol. The maximum atomic E-state index is 13.0. The van der Waals surface area contributed by atoms with E-state index in [1.807, 2.05) is 38.1 Å². The average molecular weight is 478 g/mol. The molecule has 0 bridgehead atoms. The molecule has 35 heavy (non-hydrogen) atoms. The second-order valence-electron chi connectivity index (χ2n) is 9.09. The van der Waals surface area contributed by atoms with Crippen LogP contribution in [0.25, 0.3) is 10.8 Å². The molecule has 0 saturated carbocycles. The van der Waals surface area contributed by atoms with E-state index < -0.39 is 6.04 Å². The van der Waals surface area contributed by atoms with E-state index >= 15 is 0 Å². The number of fused-ring (bicyclic) bond motifs is 1. The highest BCUT2D eigenvalue weighted by atomic mass is 16.5. The Labute approximate surface area is 203 Å². The molecule has 3 N–H and O–H groups in total. The number of aromatic nitrogens is 2. The number of nitrogens with one attached hydrogen (secondary N) is 3. The van der Waals surface area contributed by atoms with Crippen LogP contribution in [0.3, 0.4) is 0 Å². The molecule has 1 atom stereocenters. The number of H-pyrrole nitrogens is 1. The fraction of sp³-hybridized carbons (Fsp3) is 0.385. The van der Waals surface area contributed by atoms with Crippen molar-refractivity contribution in [3.63, 3.8) is 0 Å². The van der Waals surface area contributed by atoms with Gasteiger partial charge in [-0.05, 0) is 29.7 Å². The van der Waals surface area contributed by atoms with Crippen LogP contribution >= 0.6 is 0 Å². The fourth-order valence-electron chi connectivity index (χ4n) is 4.15. The number of rotatable bonds is 8. The Morgan fingerprint density at radius 1 is 1.06 bits per heavy atom. The van der Waals surface area contributed by atoms with Crippen molar-refractivity contribution < 1.29 is 14.3 Å². The summed E-state index contributed by atoms with van der Waals surface area (Å²) in [5, 5.41) is 13.3. The van der Waals surface area contributed by atoms with Gasteiger partial charge in [0.05, 0.1) is 30.7 Å². The topological polar surface area (TPSA) is 116 Å². The van der Waals surface area contributed by atoms with E-state index in [2.05, 4.69) is 25.7 Å². The van der Waals surface area contributed by atoms with Crippen LogP contribution in [0, 0.1) is 5.92 Å². The molecule has 9 heteroatoms. The summed E-state index contributed by atoms with van der Waals surface area (Å²) in [7, 11) is 0. The van der Waals surface area contributed by atoms with Gasteiger partial charge in [-0.1, -0.05) is 44.2 Å². The van der Waals surface area contributed by atoms with Gasteiger partial charge < -0.3 is 15.4 Å². The maximum Gasteiger partial charge on any atom is 0.272 e. The van der Waals surface area contributed by atoms with Gasteiger partial charge in [-0.2, -0.15) is 5.10 Å². The van der Waals surface area contributed by atoms with Crippen LogP contribution < -0.4 is 16.2 Å². The number of carbonyl (C=O) groups is 2. The Balaban J connectivity index is 1.37. The SMILES string of the molecule is CC(C)C(NC(=O)Cc1n[nH]c(=O)c2ccccc12)C(=O)Nc1ccc(CN2CCOCC2)cc1. The number of nitrogens with zero attached hydrogens (tertiary/aromatic N) is 2. The summed E-state index contributed by atoms with van der Waals surface area (Å²) in [6.07, 6.45) is -0.0516. The lowest BCUT2D eigenvalue weighted by atomic mass is 10.0. The van der Waals surface area contributed by atoms with Gasteiger partial charge in [0, 0.05) is 30.7 Å². The minimum Gasteiger partial charge on any atom is -0.379 e. The van der Waals surface area contributed by atoms with Crippen molar-refractivity contribution in [2.45, 2.75) is 32.9 Å². The lowest BCUT2D eigenvalue weighted by Crippen LogP contribution is -2.47. The second kappa shape index (κ2) is 11.2. The third-order valence-corrected chi connectivity index (χ3v) is 6.10. The summed E-state index contributed by atoms with van der Waals surface area (Å²) in [5.41, 5.74) is 1.99. The number of amides is 2. The molecule has 1 aliphatic rings. The quantitative estimate of drug-likeness (QED) is 0.457. The molecule has 3 aromatic rings. The van der Waals surface area contributed by atoms with Gasteiger partial charge in [0.25, 0.3) is 5.56 Å². The van der Waals surface area contributed by atoms with Crippen molar-refractivity contribution in [2.24, 2.45) is 5.92 Å². The van der Waals surface area contributed by atoms with Gasteiger partial charge in [0.1, 0.15) is 6.04 Å². The van der Waals surface area contributed by atoms with Crippen molar-refractivity contribution in [1.82, 2.24) is 20.4 Å². The first-order valence-electron chi connectivity index (χ1n) is 11.9. The summed E-state index contributed by atoms with van der Waals surface area (Å²) < 4.78 is 5.39. The first-order valence-corrected chi connectivity index (χ1v) is 11.9. The van der Waals surface area contributed by atoms with Gasteiger partial charge in [0.15, 0.2) is 0 Å². The van der Waals surface area contributed by atoms with Crippen molar-refractivity contribution in [3.05, 3.63) is 70.1 Å². The number of hydrogen-bond donors (Lipinski definition) is 3. The number of morpholine rings is 1. The molecule has 0 spiro atoms. The van der Waals surface area contributed by atoms with Gasteiger partial charge >= 0.3 is 0 Å². The summed E-state index contributed by atoms with van der Waals surface area (Å²) in [4.78, 5) is 40.1. The molecule has 2 amide bonds. The number of carbonyl (C=O) groups excluding carboxylic acids is 2. The molecule has 2 heterocycles. The highest BCUT2D eigenvalue weighted by molar-refractivity contribution is 5.98. The number of hydrogen-bond acceptors (Lipinski definition) is 6. The predicted molar refractivity (Wildman–Crippen MR) is 134 cm³/mol. The zero-order valence-electron chi connectivity index (χ0n) is 20.0. The minimum absolute atomic E-state index is 0.0516. The predicted octanol–water partition coefficient (Wildman–Crippen LogP) is 2.08. The summed E-state index contributed by atoms with van der Waals surface area (Å²) >= 11 is 0. The summed E-state index contributed by atoms with van der Waals surface area (Å²) in [5.74, 6) is -0.752. The lowest BCUT2D eigenvalue weighted by Gasteiger charge is -2.26.